The number of halogens is 1. The highest BCUT2D eigenvalue weighted by atomic mass is 35.5. The summed E-state index contributed by atoms with van der Waals surface area (Å²) in [6, 6.07) is 10.6. The Labute approximate surface area is 119 Å². The summed E-state index contributed by atoms with van der Waals surface area (Å²) < 4.78 is 6.27. The molecule has 0 aliphatic carbocycles. The van der Waals surface area contributed by atoms with Gasteiger partial charge in [0, 0.05) is 11.8 Å². The number of methoxy groups -OCH3 is 1. The van der Waals surface area contributed by atoms with E-state index in [1.54, 1.807) is 28.9 Å². The number of nitrogens with zero attached hydrogens (tertiary/aromatic N) is 3. The van der Waals surface area contributed by atoms with E-state index < -0.39 is 5.97 Å². The lowest BCUT2D eigenvalue weighted by atomic mass is 10.2. The number of benzene rings is 1. The minimum atomic E-state index is -0.408. The van der Waals surface area contributed by atoms with Crippen molar-refractivity contribution in [2.75, 3.05) is 7.11 Å². The maximum absolute atomic E-state index is 11.5. The minimum Gasteiger partial charge on any atom is -0.465 e. The fraction of sp³-hybridized carbons (Fsp3) is 0.0714. The zero-order valence-electron chi connectivity index (χ0n) is 10.6. The highest BCUT2D eigenvalue weighted by Crippen LogP contribution is 2.25. The Balaban J connectivity index is 2.12. The first kappa shape index (κ1) is 12.6. The summed E-state index contributed by atoms with van der Waals surface area (Å²) in [5.74, 6) is 0.104. The van der Waals surface area contributed by atoms with E-state index in [9.17, 15) is 4.79 Å². The molecular formula is C14H10ClN3O2. The number of hydrogen-bond donors (Lipinski definition) is 0. The van der Waals surface area contributed by atoms with Gasteiger partial charge in [-0.05, 0) is 24.3 Å². The lowest BCUT2D eigenvalue weighted by molar-refractivity contribution is 0.0600. The van der Waals surface area contributed by atoms with Gasteiger partial charge in [0.25, 0.3) is 0 Å². The first-order valence-corrected chi connectivity index (χ1v) is 6.26. The second-order valence-electron chi connectivity index (χ2n) is 4.13. The minimum absolute atomic E-state index is 0.408. The van der Waals surface area contributed by atoms with Crippen LogP contribution in [0.2, 0.25) is 5.02 Å². The van der Waals surface area contributed by atoms with Crippen LogP contribution in [-0.4, -0.2) is 27.7 Å². The van der Waals surface area contributed by atoms with Gasteiger partial charge < -0.3 is 4.74 Å². The SMILES string of the molecule is COC(=O)c1ccn2nc(-c3ccccc3Cl)nc2c1. The monoisotopic (exact) mass is 287 g/mol. The molecule has 0 aliphatic heterocycles. The van der Waals surface area contributed by atoms with Crippen molar-refractivity contribution in [3.05, 3.63) is 53.2 Å². The lowest BCUT2D eigenvalue weighted by Crippen LogP contribution is -2.02. The van der Waals surface area contributed by atoms with Gasteiger partial charge in [0.05, 0.1) is 17.7 Å². The summed E-state index contributed by atoms with van der Waals surface area (Å²) in [6.45, 7) is 0. The van der Waals surface area contributed by atoms with Gasteiger partial charge in [-0.2, -0.15) is 0 Å². The Kier molecular flexibility index (Phi) is 3.12. The van der Waals surface area contributed by atoms with E-state index >= 15 is 0 Å². The molecule has 2 aromatic heterocycles. The molecule has 0 spiro atoms. The quantitative estimate of drug-likeness (QED) is 0.680. The third kappa shape index (κ3) is 2.12. The lowest BCUT2D eigenvalue weighted by Gasteiger charge is -1.97. The second-order valence-corrected chi connectivity index (χ2v) is 4.53. The number of pyridine rings is 1. The standard InChI is InChI=1S/C14H10ClN3O2/c1-20-14(19)9-6-7-18-12(8-9)16-13(17-18)10-4-2-3-5-11(10)15/h2-8H,1H3. The van der Waals surface area contributed by atoms with Crippen LogP contribution in [0.25, 0.3) is 17.0 Å². The number of aromatic nitrogens is 3. The van der Waals surface area contributed by atoms with Crippen LogP contribution in [0.5, 0.6) is 0 Å². The summed E-state index contributed by atoms with van der Waals surface area (Å²) in [5.41, 5.74) is 1.73. The van der Waals surface area contributed by atoms with Crippen molar-refractivity contribution in [1.82, 2.24) is 14.6 Å². The fourth-order valence-electron chi connectivity index (χ4n) is 1.88. The van der Waals surface area contributed by atoms with E-state index in [1.807, 2.05) is 18.2 Å². The third-order valence-electron chi connectivity index (χ3n) is 2.87. The molecule has 0 radical (unpaired) electrons. The molecular weight excluding hydrogens is 278 g/mol. The van der Waals surface area contributed by atoms with Gasteiger partial charge in [-0.3, -0.25) is 0 Å². The van der Waals surface area contributed by atoms with Crippen molar-refractivity contribution >= 4 is 23.2 Å². The van der Waals surface area contributed by atoms with Crippen LogP contribution in [0, 0.1) is 0 Å². The molecule has 0 saturated carbocycles. The molecule has 5 nitrogen and oxygen atoms in total. The Morgan fingerprint density at radius 1 is 1.30 bits per heavy atom. The normalized spacial score (nSPS) is 10.7. The van der Waals surface area contributed by atoms with Gasteiger partial charge in [-0.25, -0.2) is 14.3 Å². The van der Waals surface area contributed by atoms with Crippen LogP contribution in [0.1, 0.15) is 10.4 Å². The number of carbonyl (C=O) groups is 1. The highest BCUT2D eigenvalue weighted by Gasteiger charge is 2.12. The largest absolute Gasteiger partial charge is 0.465 e. The summed E-state index contributed by atoms with van der Waals surface area (Å²) in [6.07, 6.45) is 1.66. The Morgan fingerprint density at radius 3 is 2.85 bits per heavy atom. The van der Waals surface area contributed by atoms with Crippen molar-refractivity contribution < 1.29 is 9.53 Å². The van der Waals surface area contributed by atoms with Crippen molar-refractivity contribution in [3.8, 4) is 11.4 Å². The van der Waals surface area contributed by atoms with Gasteiger partial charge >= 0.3 is 5.97 Å². The van der Waals surface area contributed by atoms with E-state index in [4.69, 9.17) is 11.6 Å². The van der Waals surface area contributed by atoms with Gasteiger partial charge in [-0.15, -0.1) is 5.10 Å². The fourth-order valence-corrected chi connectivity index (χ4v) is 2.10. The molecule has 100 valence electrons. The molecule has 1 aromatic carbocycles. The average Bonchev–Trinajstić information content (AvgIpc) is 2.89. The number of fused-ring (bicyclic) bond motifs is 1. The number of ether oxygens (including phenoxy) is 1. The number of esters is 1. The zero-order chi connectivity index (χ0) is 14.1. The summed E-state index contributed by atoms with van der Waals surface area (Å²) in [7, 11) is 1.34. The van der Waals surface area contributed by atoms with Crippen LogP contribution < -0.4 is 0 Å². The van der Waals surface area contributed by atoms with Crippen molar-refractivity contribution in [2.24, 2.45) is 0 Å². The molecule has 0 atom stereocenters. The average molecular weight is 288 g/mol. The summed E-state index contributed by atoms with van der Waals surface area (Å²) >= 11 is 6.13. The highest BCUT2D eigenvalue weighted by molar-refractivity contribution is 6.33. The molecule has 0 bridgehead atoms. The Bertz CT molecular complexity index is 798. The smallest absolute Gasteiger partial charge is 0.338 e. The topological polar surface area (TPSA) is 56.5 Å². The van der Waals surface area contributed by atoms with E-state index in [2.05, 4.69) is 14.8 Å². The van der Waals surface area contributed by atoms with Crippen LogP contribution in [-0.2, 0) is 4.74 Å². The first-order valence-electron chi connectivity index (χ1n) is 5.88. The number of carbonyl (C=O) groups excluding carboxylic acids is 1. The van der Waals surface area contributed by atoms with Crippen molar-refractivity contribution in [1.29, 1.82) is 0 Å². The Morgan fingerprint density at radius 2 is 2.10 bits per heavy atom. The van der Waals surface area contributed by atoms with E-state index in [0.29, 0.717) is 22.1 Å². The van der Waals surface area contributed by atoms with E-state index in [1.165, 1.54) is 7.11 Å². The molecule has 6 heteroatoms. The molecule has 0 aliphatic rings. The molecule has 3 aromatic rings. The van der Waals surface area contributed by atoms with Gasteiger partial charge in [0.2, 0.25) is 0 Å². The molecule has 0 saturated heterocycles. The molecule has 0 amide bonds. The molecule has 0 unspecified atom stereocenters. The molecule has 20 heavy (non-hydrogen) atoms. The molecule has 0 fully saturated rings. The van der Waals surface area contributed by atoms with Gasteiger partial charge in [-0.1, -0.05) is 23.7 Å². The van der Waals surface area contributed by atoms with Gasteiger partial charge in [0.1, 0.15) is 0 Å². The van der Waals surface area contributed by atoms with Crippen LogP contribution in [0.4, 0.5) is 0 Å². The molecule has 0 N–H and O–H groups in total. The summed E-state index contributed by atoms with van der Waals surface area (Å²) in [5, 5.41) is 4.92. The van der Waals surface area contributed by atoms with Crippen LogP contribution in [0.3, 0.4) is 0 Å². The van der Waals surface area contributed by atoms with Crippen molar-refractivity contribution in [2.45, 2.75) is 0 Å². The zero-order valence-corrected chi connectivity index (χ0v) is 11.3. The third-order valence-corrected chi connectivity index (χ3v) is 3.20. The maximum atomic E-state index is 11.5. The van der Waals surface area contributed by atoms with Crippen LogP contribution >= 0.6 is 11.6 Å². The molecule has 2 heterocycles. The van der Waals surface area contributed by atoms with E-state index in [0.717, 1.165) is 5.56 Å². The maximum Gasteiger partial charge on any atom is 0.338 e. The number of rotatable bonds is 2. The Hall–Kier alpha value is -2.40. The first-order chi connectivity index (χ1) is 9.69. The predicted octanol–water partition coefficient (Wildman–Crippen LogP) is 2.84. The summed E-state index contributed by atoms with van der Waals surface area (Å²) in [4.78, 5) is 15.9. The number of hydrogen-bond acceptors (Lipinski definition) is 4. The predicted molar refractivity (Wildman–Crippen MR) is 74.8 cm³/mol. The van der Waals surface area contributed by atoms with Gasteiger partial charge in [0.15, 0.2) is 11.5 Å². The van der Waals surface area contributed by atoms with Crippen molar-refractivity contribution in [3.63, 3.8) is 0 Å². The van der Waals surface area contributed by atoms with E-state index in [-0.39, 0.29) is 0 Å². The molecule has 3 rings (SSSR count). The second kappa shape index (κ2) is 4.94. The van der Waals surface area contributed by atoms with Crippen LogP contribution in [0.15, 0.2) is 42.6 Å².